The fraction of sp³-hybridized carbons (Fsp3) is 0.571. The maximum Gasteiger partial charge on any atom is 0.0900 e. The lowest BCUT2D eigenvalue weighted by Crippen LogP contribution is -2.50. The minimum Gasteiger partial charge on any atom is -0.389 e. The van der Waals surface area contributed by atoms with Gasteiger partial charge in [0.05, 0.1) is 18.8 Å². The van der Waals surface area contributed by atoms with Crippen LogP contribution >= 0.6 is 0 Å². The number of β-amino-alcohol motifs (C(OH)–C–C–N with tert-alkyl or cyclic N) is 1. The largest absolute Gasteiger partial charge is 0.389 e. The van der Waals surface area contributed by atoms with Crippen LogP contribution in [0.1, 0.15) is 42.9 Å². The molecule has 2 aromatic rings. The molecule has 3 fully saturated rings. The molecule has 1 heterocycles. The first-order chi connectivity index (χ1) is 15.8. The van der Waals surface area contributed by atoms with E-state index in [2.05, 4.69) is 70.5 Å². The summed E-state index contributed by atoms with van der Waals surface area (Å²) in [7, 11) is 0. The summed E-state index contributed by atoms with van der Waals surface area (Å²) in [5.41, 5.74) is 2.70. The maximum absolute atomic E-state index is 10.6. The Bertz CT molecular complexity index is 782. The topological polar surface area (TPSA) is 35.9 Å². The molecule has 2 aromatic carbocycles. The molecule has 2 bridgehead atoms. The summed E-state index contributed by atoms with van der Waals surface area (Å²) in [5, 5.41) is 10.6. The van der Waals surface area contributed by atoms with Crippen molar-refractivity contribution in [2.24, 2.45) is 17.8 Å². The summed E-state index contributed by atoms with van der Waals surface area (Å²) in [5.74, 6) is 2.61. The first kappa shape index (κ1) is 22.1. The van der Waals surface area contributed by atoms with Gasteiger partial charge < -0.3 is 9.84 Å². The SMILES string of the molecule is O[C@@H](COC[C@@H]1C[C@@H]2CC[C@@H]1C2)CN1CCN(C(c2ccccc2)c2ccccc2)CC1. The second kappa shape index (κ2) is 10.5. The quantitative estimate of drug-likeness (QED) is 0.641. The minimum absolute atomic E-state index is 0.287. The van der Waals surface area contributed by atoms with E-state index in [0.717, 1.165) is 50.5 Å². The highest BCUT2D eigenvalue weighted by Crippen LogP contribution is 2.48. The summed E-state index contributed by atoms with van der Waals surface area (Å²) in [6, 6.07) is 21.9. The predicted molar refractivity (Wildman–Crippen MR) is 129 cm³/mol. The van der Waals surface area contributed by atoms with Crippen LogP contribution in [0.25, 0.3) is 0 Å². The number of aliphatic hydroxyl groups is 1. The Hall–Kier alpha value is -1.72. The van der Waals surface area contributed by atoms with Crippen LogP contribution in [0.5, 0.6) is 0 Å². The van der Waals surface area contributed by atoms with Gasteiger partial charge in [0.1, 0.15) is 0 Å². The van der Waals surface area contributed by atoms with Crippen molar-refractivity contribution in [2.45, 2.75) is 37.8 Å². The molecule has 4 heteroatoms. The molecule has 4 nitrogen and oxygen atoms in total. The van der Waals surface area contributed by atoms with Crippen LogP contribution in [0.2, 0.25) is 0 Å². The molecule has 4 atom stereocenters. The van der Waals surface area contributed by atoms with E-state index in [1.807, 2.05) is 0 Å². The lowest BCUT2D eigenvalue weighted by atomic mass is 9.90. The standard InChI is InChI=1S/C28H38N2O2/c31-27(21-32-20-26-18-22-11-12-25(26)17-22)19-29-13-15-30(16-14-29)28(23-7-3-1-4-8-23)24-9-5-2-6-10-24/h1-10,22,25-28,31H,11-21H2/t22-,25-,26+,27-/m1/s1. The number of benzene rings is 2. The number of fused-ring (bicyclic) bond motifs is 2. The van der Waals surface area contributed by atoms with Gasteiger partial charge in [-0.15, -0.1) is 0 Å². The Balaban J connectivity index is 1.10. The Labute approximate surface area is 193 Å². The zero-order valence-corrected chi connectivity index (χ0v) is 19.2. The van der Waals surface area contributed by atoms with Crippen molar-refractivity contribution in [3.05, 3.63) is 71.8 Å². The normalized spacial score (nSPS) is 27.2. The van der Waals surface area contributed by atoms with E-state index in [-0.39, 0.29) is 12.1 Å². The van der Waals surface area contributed by atoms with E-state index in [4.69, 9.17) is 4.74 Å². The fourth-order valence-electron chi connectivity index (χ4n) is 6.38. The lowest BCUT2D eigenvalue weighted by molar-refractivity contribution is -0.0101. The third-order valence-corrected chi connectivity index (χ3v) is 8.00. The van der Waals surface area contributed by atoms with Gasteiger partial charge in [0.25, 0.3) is 0 Å². The molecule has 0 aromatic heterocycles. The fourth-order valence-corrected chi connectivity index (χ4v) is 6.38. The van der Waals surface area contributed by atoms with Gasteiger partial charge in [-0.2, -0.15) is 0 Å². The zero-order chi connectivity index (χ0) is 21.8. The molecule has 32 heavy (non-hydrogen) atoms. The van der Waals surface area contributed by atoms with Gasteiger partial charge in [-0.05, 0) is 48.1 Å². The van der Waals surface area contributed by atoms with Crippen molar-refractivity contribution in [1.82, 2.24) is 9.80 Å². The van der Waals surface area contributed by atoms with Crippen LogP contribution in [-0.4, -0.2) is 66.9 Å². The second-order valence-electron chi connectivity index (χ2n) is 10.2. The number of hydrogen-bond acceptors (Lipinski definition) is 4. The van der Waals surface area contributed by atoms with Gasteiger partial charge in [0.15, 0.2) is 0 Å². The Morgan fingerprint density at radius 2 is 1.50 bits per heavy atom. The Morgan fingerprint density at radius 1 is 0.844 bits per heavy atom. The summed E-state index contributed by atoms with van der Waals surface area (Å²) in [6.07, 6.45) is 5.23. The average Bonchev–Trinajstić information content (AvgIpc) is 3.45. The minimum atomic E-state index is -0.390. The van der Waals surface area contributed by atoms with Crippen LogP contribution in [-0.2, 0) is 4.74 Å². The molecule has 1 saturated heterocycles. The first-order valence-electron chi connectivity index (χ1n) is 12.6. The van der Waals surface area contributed by atoms with Crippen molar-refractivity contribution >= 4 is 0 Å². The van der Waals surface area contributed by atoms with Crippen LogP contribution in [0.4, 0.5) is 0 Å². The van der Waals surface area contributed by atoms with Gasteiger partial charge in [0, 0.05) is 39.3 Å². The van der Waals surface area contributed by atoms with Gasteiger partial charge in [0.2, 0.25) is 0 Å². The Morgan fingerprint density at radius 3 is 2.06 bits per heavy atom. The van der Waals surface area contributed by atoms with Crippen LogP contribution in [0.3, 0.4) is 0 Å². The van der Waals surface area contributed by atoms with Crippen molar-refractivity contribution in [3.63, 3.8) is 0 Å². The van der Waals surface area contributed by atoms with E-state index >= 15 is 0 Å². The molecule has 5 rings (SSSR count). The number of ether oxygens (including phenoxy) is 1. The highest BCUT2D eigenvalue weighted by atomic mass is 16.5. The molecule has 0 radical (unpaired) electrons. The van der Waals surface area contributed by atoms with Crippen molar-refractivity contribution in [3.8, 4) is 0 Å². The van der Waals surface area contributed by atoms with Gasteiger partial charge in [-0.25, -0.2) is 0 Å². The van der Waals surface area contributed by atoms with Crippen molar-refractivity contribution < 1.29 is 9.84 Å². The lowest BCUT2D eigenvalue weighted by Gasteiger charge is -2.40. The summed E-state index contributed by atoms with van der Waals surface area (Å²) >= 11 is 0. The second-order valence-corrected chi connectivity index (χ2v) is 10.2. The van der Waals surface area contributed by atoms with Gasteiger partial charge >= 0.3 is 0 Å². The molecule has 3 aliphatic rings. The molecule has 0 unspecified atom stereocenters. The maximum atomic E-state index is 10.6. The molecular formula is C28H38N2O2. The van der Waals surface area contributed by atoms with Gasteiger partial charge in [-0.1, -0.05) is 67.1 Å². The summed E-state index contributed by atoms with van der Waals surface area (Å²) in [4.78, 5) is 4.98. The monoisotopic (exact) mass is 434 g/mol. The highest BCUT2D eigenvalue weighted by molar-refractivity contribution is 5.31. The summed E-state index contributed by atoms with van der Waals surface area (Å²) in [6.45, 7) is 6.03. The van der Waals surface area contributed by atoms with Crippen LogP contribution in [0, 0.1) is 17.8 Å². The smallest absolute Gasteiger partial charge is 0.0900 e. The van der Waals surface area contributed by atoms with E-state index in [0.29, 0.717) is 13.2 Å². The molecule has 172 valence electrons. The molecule has 2 saturated carbocycles. The molecule has 0 spiro atoms. The van der Waals surface area contributed by atoms with Crippen molar-refractivity contribution in [2.75, 3.05) is 45.9 Å². The number of aliphatic hydroxyl groups excluding tert-OH is 1. The predicted octanol–water partition coefficient (Wildman–Crippen LogP) is 4.21. The molecular weight excluding hydrogens is 396 g/mol. The molecule has 1 N–H and O–H groups in total. The highest BCUT2D eigenvalue weighted by Gasteiger charge is 2.39. The number of piperazine rings is 1. The Kier molecular flexibility index (Phi) is 7.23. The van der Waals surface area contributed by atoms with E-state index < -0.39 is 0 Å². The van der Waals surface area contributed by atoms with Crippen LogP contribution < -0.4 is 0 Å². The van der Waals surface area contributed by atoms with Gasteiger partial charge in [-0.3, -0.25) is 9.80 Å². The van der Waals surface area contributed by atoms with E-state index in [1.165, 1.54) is 36.8 Å². The number of nitrogens with zero attached hydrogens (tertiary/aromatic N) is 2. The number of rotatable bonds is 9. The third-order valence-electron chi connectivity index (χ3n) is 8.00. The zero-order valence-electron chi connectivity index (χ0n) is 19.2. The van der Waals surface area contributed by atoms with E-state index in [9.17, 15) is 5.11 Å². The third kappa shape index (κ3) is 5.26. The molecule has 0 amide bonds. The van der Waals surface area contributed by atoms with Crippen LogP contribution in [0.15, 0.2) is 60.7 Å². The molecule has 1 aliphatic heterocycles. The van der Waals surface area contributed by atoms with E-state index in [1.54, 1.807) is 0 Å². The average molecular weight is 435 g/mol. The van der Waals surface area contributed by atoms with Crippen molar-refractivity contribution in [1.29, 1.82) is 0 Å². The number of hydrogen-bond donors (Lipinski definition) is 1. The first-order valence-corrected chi connectivity index (χ1v) is 12.6. The molecule has 2 aliphatic carbocycles. The summed E-state index contributed by atoms with van der Waals surface area (Å²) < 4.78 is 5.96.